The maximum Gasteiger partial charge on any atom is 0.375 e. The molecule has 0 fully saturated rings. The van der Waals surface area contributed by atoms with Crippen LogP contribution in [0.4, 0.5) is 28.4 Å². The van der Waals surface area contributed by atoms with E-state index < -0.39 is 0 Å². The third-order valence-corrected chi connectivity index (χ3v) is 14.8. The van der Waals surface area contributed by atoms with Crippen molar-refractivity contribution in [2.45, 2.75) is 77.6 Å². The summed E-state index contributed by atoms with van der Waals surface area (Å²) in [5.41, 5.74) is 20.5. The van der Waals surface area contributed by atoms with E-state index in [2.05, 4.69) is 228 Å². The average molecular weight is 829 g/mol. The Kier molecular flexibility index (Phi) is 8.42. The van der Waals surface area contributed by atoms with E-state index in [1.165, 1.54) is 89.8 Å². The van der Waals surface area contributed by atoms with E-state index in [-0.39, 0.29) is 23.1 Å². The molecular weight excluding hydrogens is 775 g/mol. The smallest absolute Gasteiger partial charge is 0.375 e. The van der Waals surface area contributed by atoms with Crippen LogP contribution in [0.2, 0.25) is 0 Å². The van der Waals surface area contributed by atoms with Crippen molar-refractivity contribution in [1.29, 1.82) is 0 Å². The highest BCUT2D eigenvalue weighted by atomic mass is 16.3. The van der Waals surface area contributed by atoms with Crippen LogP contribution in [0, 0.1) is 0 Å². The molecular formula is C60H53BN2O. The molecule has 0 radical (unpaired) electrons. The Labute approximate surface area is 378 Å². The van der Waals surface area contributed by atoms with Gasteiger partial charge in [-0.1, -0.05) is 164 Å². The summed E-state index contributed by atoms with van der Waals surface area (Å²) in [6.07, 6.45) is 2.32. The third kappa shape index (κ3) is 5.81. The fourth-order valence-corrected chi connectivity index (χ4v) is 11.3. The van der Waals surface area contributed by atoms with Crippen LogP contribution in [0.25, 0.3) is 55.1 Å². The summed E-state index contributed by atoms with van der Waals surface area (Å²) in [5, 5.41) is 3.57. The topological polar surface area (TPSA) is 19.6 Å². The summed E-state index contributed by atoms with van der Waals surface area (Å²) in [6.45, 7) is 16.4. The van der Waals surface area contributed by atoms with Crippen LogP contribution in [-0.4, -0.2) is 6.85 Å². The minimum absolute atomic E-state index is 0.0377. The Morgan fingerprint density at radius 1 is 0.531 bits per heavy atom. The first-order valence-corrected chi connectivity index (χ1v) is 23.1. The molecule has 64 heavy (non-hydrogen) atoms. The Hall–Kier alpha value is -6.78. The molecule has 0 saturated carbocycles. The predicted molar refractivity (Wildman–Crippen MR) is 272 cm³/mol. The van der Waals surface area contributed by atoms with E-state index in [1.807, 2.05) is 0 Å². The van der Waals surface area contributed by atoms with E-state index in [1.54, 1.807) is 0 Å². The number of hydrogen-bond donors (Lipinski definition) is 0. The summed E-state index contributed by atoms with van der Waals surface area (Å²) in [6, 6.07) is 63.6. The first kappa shape index (κ1) is 38.9. The Morgan fingerprint density at radius 2 is 1.19 bits per heavy atom. The molecule has 1 aliphatic carbocycles. The van der Waals surface area contributed by atoms with Crippen molar-refractivity contribution in [3.8, 4) is 33.4 Å². The molecule has 0 unspecified atom stereocenters. The van der Waals surface area contributed by atoms with E-state index in [4.69, 9.17) is 4.42 Å². The normalized spacial score (nSPS) is 15.8. The molecule has 0 N–H and O–H groups in total. The van der Waals surface area contributed by atoms with E-state index >= 15 is 0 Å². The zero-order valence-electron chi connectivity index (χ0n) is 38.0. The van der Waals surface area contributed by atoms with E-state index in [0.29, 0.717) is 0 Å². The summed E-state index contributed by atoms with van der Waals surface area (Å²) in [7, 11) is 0. The minimum atomic E-state index is -0.255. The largest absolute Gasteiger partial charge is 0.466 e. The zero-order valence-corrected chi connectivity index (χ0v) is 38.0. The van der Waals surface area contributed by atoms with Crippen LogP contribution in [0.1, 0.15) is 78.0 Å². The number of hydrogen-bond acceptors (Lipinski definition) is 3. The van der Waals surface area contributed by atoms with Crippen LogP contribution < -0.4 is 20.8 Å². The molecule has 3 nitrogen and oxygen atoms in total. The molecule has 4 heteroatoms. The molecule has 12 rings (SSSR count). The van der Waals surface area contributed by atoms with Gasteiger partial charge >= 0.3 is 6.85 Å². The molecule has 0 bridgehead atoms. The summed E-state index contributed by atoms with van der Waals surface area (Å²) in [4.78, 5) is 5.18. The fraction of sp³-hybridized carbons (Fsp3) is 0.200. The van der Waals surface area contributed by atoms with Crippen molar-refractivity contribution in [1.82, 2.24) is 0 Å². The van der Waals surface area contributed by atoms with Crippen LogP contribution in [-0.2, 0) is 16.2 Å². The summed E-state index contributed by atoms with van der Waals surface area (Å²) in [5.74, 6) is 0. The molecule has 0 atom stereocenters. The van der Waals surface area contributed by atoms with Gasteiger partial charge in [-0.3, -0.25) is 0 Å². The Bertz CT molecular complexity index is 3340. The van der Waals surface area contributed by atoms with Crippen molar-refractivity contribution in [2.75, 3.05) is 9.71 Å². The third-order valence-electron chi connectivity index (χ3n) is 14.8. The lowest BCUT2D eigenvalue weighted by molar-refractivity contribution is 0.332. The average Bonchev–Trinajstić information content (AvgIpc) is 3.69. The molecule has 312 valence electrons. The minimum Gasteiger partial charge on any atom is -0.466 e. The molecule has 8 aromatic carbocycles. The highest BCUT2D eigenvalue weighted by Crippen LogP contribution is 2.54. The first-order valence-electron chi connectivity index (χ1n) is 23.1. The van der Waals surface area contributed by atoms with Crippen molar-refractivity contribution in [3.05, 3.63) is 187 Å². The molecule has 0 amide bonds. The lowest BCUT2D eigenvalue weighted by atomic mass is 9.45. The van der Waals surface area contributed by atoms with Crippen LogP contribution in [0.5, 0.6) is 0 Å². The van der Waals surface area contributed by atoms with Gasteiger partial charge in [0.05, 0.1) is 11.4 Å². The SMILES string of the molecule is CC(C)(C)c1ccc(N2c3cc4ccccc4c4c3B(c3oc5ccccc5c32)N(c2ccc3c(c2)C(C)(C)CCC3(C)C)c2ccc(-c3ccccc3)cc2-4)c(-c2ccccc2)c1. The monoisotopic (exact) mass is 828 g/mol. The standard InChI is InChI=1S/C60H53BN2O/c1-58(2,3)42-27-31-50(46(36-42)39-20-12-9-13-21-39)62-52-35-41-22-14-15-23-44(41)54-47-34-40(38-18-10-8-11-19-38)26-30-51(47)63(43-28-29-48-49(37-43)60(6,7)33-32-59(48,4)5)61(55(52)54)57-56(62)45-24-16-17-25-53(45)64-57/h8-31,34-37H,32-33H2,1-7H3. The molecule has 0 spiro atoms. The molecule has 2 aliphatic heterocycles. The molecule has 0 saturated heterocycles. The van der Waals surface area contributed by atoms with Gasteiger partial charge in [0, 0.05) is 33.6 Å². The molecule has 3 heterocycles. The number of furan rings is 1. The number of benzene rings is 8. The Morgan fingerprint density at radius 3 is 1.94 bits per heavy atom. The second kappa shape index (κ2) is 13.9. The lowest BCUT2D eigenvalue weighted by Crippen LogP contribution is -2.61. The van der Waals surface area contributed by atoms with Gasteiger partial charge in [0.2, 0.25) is 0 Å². The Balaban J connectivity index is 1.23. The molecule has 1 aromatic heterocycles. The quantitative estimate of drug-likeness (QED) is 0.165. The molecule has 3 aliphatic rings. The number of fused-ring (bicyclic) bond motifs is 9. The van der Waals surface area contributed by atoms with Crippen LogP contribution in [0.3, 0.4) is 0 Å². The van der Waals surface area contributed by atoms with Crippen molar-refractivity contribution >= 4 is 68.1 Å². The van der Waals surface area contributed by atoms with Crippen molar-refractivity contribution in [3.63, 3.8) is 0 Å². The lowest BCUT2D eigenvalue weighted by Gasteiger charge is -2.46. The van der Waals surface area contributed by atoms with Crippen LogP contribution in [0.15, 0.2) is 174 Å². The first-order chi connectivity index (χ1) is 30.9. The second-order valence-electron chi connectivity index (χ2n) is 20.8. The van der Waals surface area contributed by atoms with Gasteiger partial charge in [0.1, 0.15) is 11.2 Å². The summed E-state index contributed by atoms with van der Waals surface area (Å²) >= 11 is 0. The number of anilines is 5. The number of nitrogens with zero attached hydrogens (tertiary/aromatic N) is 2. The van der Waals surface area contributed by atoms with E-state index in [9.17, 15) is 0 Å². The van der Waals surface area contributed by atoms with Gasteiger partial charge in [-0.15, -0.1) is 0 Å². The highest BCUT2D eigenvalue weighted by molar-refractivity contribution is 6.93. The van der Waals surface area contributed by atoms with Gasteiger partial charge in [-0.05, 0) is 139 Å². The maximum absolute atomic E-state index is 7.39. The van der Waals surface area contributed by atoms with Gasteiger partial charge in [-0.2, -0.15) is 0 Å². The number of rotatable bonds is 4. The van der Waals surface area contributed by atoms with Gasteiger partial charge in [0.15, 0.2) is 0 Å². The van der Waals surface area contributed by atoms with Crippen molar-refractivity contribution in [2.24, 2.45) is 0 Å². The highest BCUT2D eigenvalue weighted by Gasteiger charge is 2.50. The van der Waals surface area contributed by atoms with E-state index in [0.717, 1.165) is 34.4 Å². The summed E-state index contributed by atoms with van der Waals surface area (Å²) < 4.78 is 7.39. The van der Waals surface area contributed by atoms with Crippen LogP contribution >= 0.6 is 0 Å². The van der Waals surface area contributed by atoms with Crippen molar-refractivity contribution < 1.29 is 4.42 Å². The van der Waals surface area contributed by atoms with Gasteiger partial charge < -0.3 is 14.1 Å². The second-order valence-corrected chi connectivity index (χ2v) is 20.8. The van der Waals surface area contributed by atoms with Gasteiger partial charge in [-0.25, -0.2) is 0 Å². The zero-order chi connectivity index (χ0) is 43.7. The fourth-order valence-electron chi connectivity index (χ4n) is 11.3. The number of para-hydroxylation sites is 1. The maximum atomic E-state index is 7.39. The molecule has 9 aromatic rings. The van der Waals surface area contributed by atoms with Gasteiger partial charge in [0.25, 0.3) is 0 Å². The predicted octanol–water partition coefficient (Wildman–Crippen LogP) is 15.3.